The van der Waals surface area contributed by atoms with E-state index < -0.39 is 0 Å². The SMILES string of the molecule is Cc1cc(C(=O)N(C)C2CC3CCC(C2)N3)c(C)n1Cc1ccccn1.Cl.Cl. The minimum Gasteiger partial charge on any atom is -0.342 e. The standard InChI is InChI=1S/C21H28N4O.2ClH/c1-14-10-20(15(2)25(14)13-18-6-4-5-9-22-18)21(26)24(3)19-11-16-7-8-17(12-19)23-16;;/h4-6,9-10,16-17,19,23H,7-8,11-13H2,1-3H3;2*1H. The summed E-state index contributed by atoms with van der Waals surface area (Å²) < 4.78 is 2.19. The predicted molar refractivity (Wildman–Crippen MR) is 117 cm³/mol. The second-order valence-electron chi connectivity index (χ2n) is 7.87. The van der Waals surface area contributed by atoms with Gasteiger partial charge in [-0.25, -0.2) is 0 Å². The Hall–Kier alpha value is -1.56. The summed E-state index contributed by atoms with van der Waals surface area (Å²) in [6.07, 6.45) is 6.47. The van der Waals surface area contributed by atoms with Gasteiger partial charge in [-0.3, -0.25) is 9.78 Å². The summed E-state index contributed by atoms with van der Waals surface area (Å²) in [5, 5.41) is 3.66. The predicted octanol–water partition coefficient (Wildman–Crippen LogP) is 3.75. The highest BCUT2D eigenvalue weighted by molar-refractivity contribution is 5.95. The van der Waals surface area contributed by atoms with E-state index in [9.17, 15) is 4.79 Å². The number of carbonyl (C=O) groups is 1. The number of aryl methyl sites for hydroxylation is 1. The number of aromatic nitrogens is 2. The van der Waals surface area contributed by atoms with Crippen molar-refractivity contribution in [3.8, 4) is 0 Å². The number of carbonyl (C=O) groups excluding carboxylic acids is 1. The molecule has 28 heavy (non-hydrogen) atoms. The fraction of sp³-hybridized carbons (Fsp3) is 0.524. The van der Waals surface area contributed by atoms with Crippen LogP contribution in [0.3, 0.4) is 0 Å². The molecule has 0 spiro atoms. The number of halogens is 2. The van der Waals surface area contributed by atoms with Crippen molar-refractivity contribution in [1.82, 2.24) is 19.8 Å². The van der Waals surface area contributed by atoms with Gasteiger partial charge in [0.2, 0.25) is 0 Å². The summed E-state index contributed by atoms with van der Waals surface area (Å²) in [5.74, 6) is 0.150. The van der Waals surface area contributed by atoms with Gasteiger partial charge < -0.3 is 14.8 Å². The third-order valence-electron chi connectivity index (χ3n) is 6.17. The van der Waals surface area contributed by atoms with Gasteiger partial charge in [-0.1, -0.05) is 6.07 Å². The number of rotatable bonds is 4. The lowest BCUT2D eigenvalue weighted by Crippen LogP contribution is -2.48. The highest BCUT2D eigenvalue weighted by Crippen LogP contribution is 2.30. The molecule has 2 aromatic rings. The molecule has 2 atom stereocenters. The Morgan fingerprint density at radius 1 is 1.21 bits per heavy atom. The number of nitrogens with zero attached hydrogens (tertiary/aromatic N) is 3. The fourth-order valence-electron chi connectivity index (χ4n) is 4.61. The van der Waals surface area contributed by atoms with E-state index in [-0.39, 0.29) is 30.7 Å². The van der Waals surface area contributed by atoms with Crippen molar-refractivity contribution in [3.63, 3.8) is 0 Å². The first-order valence-electron chi connectivity index (χ1n) is 9.62. The van der Waals surface area contributed by atoms with Crippen LogP contribution < -0.4 is 5.32 Å². The number of nitrogens with one attached hydrogen (secondary N) is 1. The molecule has 4 heterocycles. The van der Waals surface area contributed by atoms with Crippen molar-refractivity contribution in [2.75, 3.05) is 7.05 Å². The first-order valence-corrected chi connectivity index (χ1v) is 9.62. The second kappa shape index (κ2) is 9.29. The van der Waals surface area contributed by atoms with Crippen LogP contribution in [-0.4, -0.2) is 45.5 Å². The van der Waals surface area contributed by atoms with Crippen LogP contribution in [-0.2, 0) is 6.54 Å². The molecule has 5 nitrogen and oxygen atoms in total. The molecular formula is C21H30Cl2N4O. The van der Waals surface area contributed by atoms with Gasteiger partial charge in [-0.15, -0.1) is 24.8 Å². The van der Waals surface area contributed by atoms with Crippen molar-refractivity contribution in [1.29, 1.82) is 0 Å². The maximum atomic E-state index is 13.2. The molecule has 4 rings (SSSR count). The highest BCUT2D eigenvalue weighted by atomic mass is 35.5. The molecule has 2 fully saturated rings. The first-order chi connectivity index (χ1) is 12.5. The van der Waals surface area contributed by atoms with Gasteiger partial charge in [-0.2, -0.15) is 0 Å². The molecule has 0 radical (unpaired) electrons. The molecule has 2 bridgehead atoms. The number of hydrogen-bond acceptors (Lipinski definition) is 3. The summed E-state index contributed by atoms with van der Waals surface area (Å²) in [7, 11) is 1.97. The number of pyridine rings is 1. The Balaban J connectivity index is 0.00000140. The lowest BCUT2D eigenvalue weighted by molar-refractivity contribution is 0.0681. The Labute approximate surface area is 179 Å². The average molecular weight is 425 g/mol. The maximum Gasteiger partial charge on any atom is 0.255 e. The summed E-state index contributed by atoms with van der Waals surface area (Å²) in [6, 6.07) is 9.51. The van der Waals surface area contributed by atoms with E-state index in [0.29, 0.717) is 24.7 Å². The zero-order valence-electron chi connectivity index (χ0n) is 16.7. The van der Waals surface area contributed by atoms with Gasteiger partial charge in [0.15, 0.2) is 0 Å². The fourth-order valence-corrected chi connectivity index (χ4v) is 4.61. The van der Waals surface area contributed by atoms with Crippen molar-refractivity contribution in [2.45, 2.75) is 64.2 Å². The van der Waals surface area contributed by atoms with Crippen molar-refractivity contribution in [3.05, 3.63) is 53.1 Å². The van der Waals surface area contributed by atoms with Gasteiger partial charge in [-0.05, 0) is 57.7 Å². The van der Waals surface area contributed by atoms with Gasteiger partial charge in [0, 0.05) is 42.8 Å². The van der Waals surface area contributed by atoms with E-state index in [0.717, 1.165) is 35.5 Å². The van der Waals surface area contributed by atoms with Gasteiger partial charge in [0.05, 0.1) is 17.8 Å². The van der Waals surface area contributed by atoms with Crippen LogP contribution in [0.5, 0.6) is 0 Å². The van der Waals surface area contributed by atoms with E-state index in [1.807, 2.05) is 49.3 Å². The highest BCUT2D eigenvalue weighted by Gasteiger charge is 2.37. The quantitative estimate of drug-likeness (QED) is 0.812. The third kappa shape index (κ3) is 4.37. The molecule has 0 aromatic carbocycles. The van der Waals surface area contributed by atoms with E-state index in [1.165, 1.54) is 12.8 Å². The number of piperidine rings is 1. The van der Waals surface area contributed by atoms with E-state index >= 15 is 0 Å². The lowest BCUT2D eigenvalue weighted by atomic mass is 9.98. The summed E-state index contributed by atoms with van der Waals surface area (Å²) >= 11 is 0. The van der Waals surface area contributed by atoms with Crippen molar-refractivity contribution >= 4 is 30.7 Å². The monoisotopic (exact) mass is 424 g/mol. The topological polar surface area (TPSA) is 50.2 Å². The van der Waals surface area contributed by atoms with Crippen LogP contribution in [0.4, 0.5) is 0 Å². The summed E-state index contributed by atoms with van der Waals surface area (Å²) in [5.41, 5.74) is 3.97. The van der Waals surface area contributed by atoms with Gasteiger partial charge in [0.25, 0.3) is 5.91 Å². The van der Waals surface area contributed by atoms with E-state index in [1.54, 1.807) is 0 Å². The molecule has 2 aromatic heterocycles. The first kappa shape index (κ1) is 22.7. The van der Waals surface area contributed by atoms with Crippen LogP contribution in [0, 0.1) is 13.8 Å². The van der Waals surface area contributed by atoms with Crippen LogP contribution in [0.25, 0.3) is 0 Å². The molecule has 154 valence electrons. The van der Waals surface area contributed by atoms with E-state index in [4.69, 9.17) is 0 Å². The smallest absolute Gasteiger partial charge is 0.255 e. The minimum absolute atomic E-state index is 0. The molecule has 2 saturated heterocycles. The Morgan fingerprint density at radius 3 is 2.50 bits per heavy atom. The van der Waals surface area contributed by atoms with Gasteiger partial charge >= 0.3 is 0 Å². The number of fused-ring (bicyclic) bond motifs is 2. The number of hydrogen-bond donors (Lipinski definition) is 1. The Kier molecular flexibility index (Phi) is 7.54. The molecule has 2 aliphatic rings. The zero-order chi connectivity index (χ0) is 18.3. The van der Waals surface area contributed by atoms with Gasteiger partial charge in [0.1, 0.15) is 0 Å². The lowest BCUT2D eigenvalue weighted by Gasteiger charge is -2.35. The number of amides is 1. The van der Waals surface area contributed by atoms with Crippen LogP contribution in [0.2, 0.25) is 0 Å². The molecule has 2 aliphatic heterocycles. The molecule has 2 unspecified atom stereocenters. The third-order valence-corrected chi connectivity index (χ3v) is 6.17. The largest absolute Gasteiger partial charge is 0.342 e. The summed E-state index contributed by atoms with van der Waals surface area (Å²) in [4.78, 5) is 19.6. The van der Waals surface area contributed by atoms with Crippen molar-refractivity contribution in [2.24, 2.45) is 0 Å². The molecule has 1 amide bonds. The second-order valence-corrected chi connectivity index (χ2v) is 7.87. The van der Waals surface area contributed by atoms with E-state index in [2.05, 4.69) is 21.8 Å². The Bertz CT molecular complexity index is 796. The van der Waals surface area contributed by atoms with Crippen LogP contribution in [0.1, 0.15) is 53.1 Å². The molecule has 0 saturated carbocycles. The summed E-state index contributed by atoms with van der Waals surface area (Å²) in [6.45, 7) is 4.81. The molecule has 0 aliphatic carbocycles. The zero-order valence-corrected chi connectivity index (χ0v) is 18.4. The normalized spacial score (nSPS) is 22.9. The van der Waals surface area contributed by atoms with Crippen molar-refractivity contribution < 1.29 is 4.79 Å². The molecule has 1 N–H and O–H groups in total. The van der Waals surface area contributed by atoms with Crippen LogP contribution in [0.15, 0.2) is 30.5 Å². The average Bonchev–Trinajstić information content (AvgIpc) is 3.14. The minimum atomic E-state index is 0. The maximum absolute atomic E-state index is 13.2. The Morgan fingerprint density at radius 2 is 1.89 bits per heavy atom. The molecule has 7 heteroatoms. The van der Waals surface area contributed by atoms with Crippen LogP contribution >= 0.6 is 24.8 Å². The molecular weight excluding hydrogens is 395 g/mol.